The molecule has 2 amide bonds. The Kier molecular flexibility index (Phi) is 7.73. The van der Waals surface area contributed by atoms with Crippen LogP contribution in [0.5, 0.6) is 0 Å². The average molecular weight is 476 g/mol. The lowest BCUT2D eigenvalue weighted by molar-refractivity contribution is 0.208. The number of thioether (sulfide) groups is 1. The van der Waals surface area contributed by atoms with Crippen molar-refractivity contribution >= 4 is 29.3 Å². The Balaban J connectivity index is 1.47. The third-order valence-electron chi connectivity index (χ3n) is 6.23. The van der Waals surface area contributed by atoms with Gasteiger partial charge in [-0.2, -0.15) is 0 Å². The van der Waals surface area contributed by atoms with Gasteiger partial charge in [-0.1, -0.05) is 36.8 Å². The van der Waals surface area contributed by atoms with Crippen LogP contribution >= 0.6 is 11.8 Å². The minimum absolute atomic E-state index is 0.0513. The number of aromatic nitrogens is 2. The van der Waals surface area contributed by atoms with Crippen LogP contribution in [0.2, 0.25) is 0 Å². The summed E-state index contributed by atoms with van der Waals surface area (Å²) in [6.07, 6.45) is 3.73. The lowest BCUT2D eigenvalue weighted by Gasteiger charge is -2.36. The summed E-state index contributed by atoms with van der Waals surface area (Å²) in [7, 11) is 0. The highest BCUT2D eigenvalue weighted by Crippen LogP contribution is 2.26. The Hall–Kier alpha value is -3.06. The fraction of sp³-hybridized carbons (Fsp3) is 0.370. The van der Waals surface area contributed by atoms with Gasteiger partial charge in [-0.25, -0.2) is 14.8 Å². The second-order valence-corrected chi connectivity index (χ2v) is 9.55. The number of carbonyl (C=O) groups excluding carboxylic acids is 1. The second kappa shape index (κ2) is 10.9. The molecule has 1 fully saturated rings. The number of piperazine rings is 1. The fourth-order valence-corrected chi connectivity index (χ4v) is 4.69. The van der Waals surface area contributed by atoms with Crippen LogP contribution in [0.15, 0.2) is 53.4 Å². The molecule has 2 heterocycles. The maximum Gasteiger partial charge on any atom is 0.321 e. The standard InChI is InChI=1S/C27H33N5OS/c1-5-25-24(18-21-8-6-19(2)7-9-21)26(29-20(3)28-25)31-14-16-32(17-15-31)27(33)30-22-10-12-23(34-4)13-11-22/h6-13H,5,14-18H2,1-4H3,(H,30,33). The van der Waals surface area contributed by atoms with Gasteiger partial charge in [0.05, 0.1) is 0 Å². The van der Waals surface area contributed by atoms with E-state index in [0.717, 1.165) is 49.0 Å². The highest BCUT2D eigenvalue weighted by atomic mass is 32.2. The van der Waals surface area contributed by atoms with Crippen LogP contribution in [0.3, 0.4) is 0 Å². The third-order valence-corrected chi connectivity index (χ3v) is 6.97. The van der Waals surface area contributed by atoms with Gasteiger partial charge in [0.25, 0.3) is 0 Å². The normalized spacial score (nSPS) is 13.8. The number of nitrogens with zero attached hydrogens (tertiary/aromatic N) is 4. The number of amides is 2. The molecule has 0 spiro atoms. The molecular formula is C27H33N5OS. The second-order valence-electron chi connectivity index (χ2n) is 8.67. The maximum atomic E-state index is 12.8. The number of benzene rings is 2. The van der Waals surface area contributed by atoms with Crippen molar-refractivity contribution in [2.45, 2.75) is 38.5 Å². The summed E-state index contributed by atoms with van der Waals surface area (Å²) < 4.78 is 0. The predicted octanol–water partition coefficient (Wildman–Crippen LogP) is 5.32. The zero-order valence-electron chi connectivity index (χ0n) is 20.5. The van der Waals surface area contributed by atoms with E-state index in [1.807, 2.05) is 42.3 Å². The van der Waals surface area contributed by atoms with Crippen LogP contribution in [-0.2, 0) is 12.8 Å². The van der Waals surface area contributed by atoms with Crippen molar-refractivity contribution in [2.24, 2.45) is 0 Å². The van der Waals surface area contributed by atoms with Gasteiger partial charge in [0, 0.05) is 54.4 Å². The van der Waals surface area contributed by atoms with E-state index in [0.29, 0.717) is 13.1 Å². The van der Waals surface area contributed by atoms with Gasteiger partial charge in [0.1, 0.15) is 11.6 Å². The van der Waals surface area contributed by atoms with Crippen molar-refractivity contribution in [1.82, 2.24) is 14.9 Å². The predicted molar refractivity (Wildman–Crippen MR) is 141 cm³/mol. The first kappa shape index (κ1) is 24.1. The summed E-state index contributed by atoms with van der Waals surface area (Å²) in [5.74, 6) is 1.81. The summed E-state index contributed by atoms with van der Waals surface area (Å²) in [5, 5.41) is 3.03. The Bertz CT molecular complexity index is 1120. The maximum absolute atomic E-state index is 12.8. The van der Waals surface area contributed by atoms with Crippen LogP contribution in [-0.4, -0.2) is 53.3 Å². The molecule has 7 heteroatoms. The monoisotopic (exact) mass is 475 g/mol. The van der Waals surface area contributed by atoms with Crippen LogP contribution in [0.1, 0.15) is 35.1 Å². The van der Waals surface area contributed by atoms with Gasteiger partial charge in [-0.3, -0.25) is 0 Å². The number of rotatable bonds is 6. The van der Waals surface area contributed by atoms with Gasteiger partial charge in [-0.15, -0.1) is 11.8 Å². The molecule has 0 unspecified atom stereocenters. The smallest absolute Gasteiger partial charge is 0.321 e. The fourth-order valence-electron chi connectivity index (χ4n) is 4.28. The molecule has 0 bridgehead atoms. The van der Waals surface area contributed by atoms with Crippen molar-refractivity contribution in [3.05, 3.63) is 76.7 Å². The molecule has 4 rings (SSSR count). The molecule has 1 aromatic heterocycles. The van der Waals surface area contributed by atoms with Crippen LogP contribution in [0.25, 0.3) is 0 Å². The zero-order chi connectivity index (χ0) is 24.1. The van der Waals surface area contributed by atoms with E-state index in [1.54, 1.807) is 11.8 Å². The number of urea groups is 1. The highest BCUT2D eigenvalue weighted by Gasteiger charge is 2.25. The molecule has 6 nitrogen and oxygen atoms in total. The summed E-state index contributed by atoms with van der Waals surface area (Å²) >= 11 is 1.69. The summed E-state index contributed by atoms with van der Waals surface area (Å²) in [4.78, 5) is 27.8. The Morgan fingerprint density at radius 3 is 2.26 bits per heavy atom. The lowest BCUT2D eigenvalue weighted by Crippen LogP contribution is -2.50. The molecule has 1 saturated heterocycles. The number of carbonyl (C=O) groups is 1. The Morgan fingerprint density at radius 1 is 0.971 bits per heavy atom. The van der Waals surface area contributed by atoms with E-state index >= 15 is 0 Å². The minimum Gasteiger partial charge on any atom is -0.353 e. The molecule has 0 aliphatic carbocycles. The Morgan fingerprint density at radius 2 is 1.65 bits per heavy atom. The van der Waals surface area contributed by atoms with Gasteiger partial charge in [0.2, 0.25) is 0 Å². The van der Waals surface area contributed by atoms with E-state index in [2.05, 4.69) is 48.3 Å². The molecular weight excluding hydrogens is 442 g/mol. The molecule has 0 radical (unpaired) electrons. The van der Waals surface area contributed by atoms with Crippen LogP contribution in [0, 0.1) is 13.8 Å². The van der Waals surface area contributed by atoms with Gasteiger partial charge in [0.15, 0.2) is 0 Å². The van der Waals surface area contributed by atoms with E-state index in [-0.39, 0.29) is 6.03 Å². The van der Waals surface area contributed by atoms with E-state index in [1.165, 1.54) is 21.6 Å². The molecule has 0 atom stereocenters. The largest absolute Gasteiger partial charge is 0.353 e. The first-order chi connectivity index (χ1) is 16.5. The number of hydrogen-bond donors (Lipinski definition) is 1. The first-order valence-electron chi connectivity index (χ1n) is 11.8. The molecule has 0 saturated carbocycles. The van der Waals surface area contributed by atoms with Crippen molar-refractivity contribution in [2.75, 3.05) is 42.7 Å². The minimum atomic E-state index is -0.0513. The Labute approximate surface area is 206 Å². The zero-order valence-corrected chi connectivity index (χ0v) is 21.3. The van der Waals surface area contributed by atoms with Gasteiger partial charge < -0.3 is 15.1 Å². The molecule has 2 aromatic carbocycles. The number of hydrogen-bond acceptors (Lipinski definition) is 5. The van der Waals surface area contributed by atoms with Crippen LogP contribution in [0.4, 0.5) is 16.3 Å². The summed E-state index contributed by atoms with van der Waals surface area (Å²) in [6.45, 7) is 9.03. The van der Waals surface area contributed by atoms with Crippen molar-refractivity contribution in [1.29, 1.82) is 0 Å². The van der Waals surface area contributed by atoms with E-state index < -0.39 is 0 Å². The average Bonchev–Trinajstić information content (AvgIpc) is 2.86. The highest BCUT2D eigenvalue weighted by molar-refractivity contribution is 7.98. The van der Waals surface area contributed by atoms with Crippen molar-refractivity contribution in [3.8, 4) is 0 Å². The summed E-state index contributed by atoms with van der Waals surface area (Å²) in [5.41, 5.74) is 5.65. The van der Waals surface area contributed by atoms with Crippen molar-refractivity contribution in [3.63, 3.8) is 0 Å². The van der Waals surface area contributed by atoms with E-state index in [9.17, 15) is 4.79 Å². The summed E-state index contributed by atoms with van der Waals surface area (Å²) in [6, 6.07) is 16.6. The van der Waals surface area contributed by atoms with Crippen molar-refractivity contribution < 1.29 is 4.79 Å². The van der Waals surface area contributed by atoms with E-state index in [4.69, 9.17) is 9.97 Å². The molecule has 1 aliphatic heterocycles. The first-order valence-corrected chi connectivity index (χ1v) is 13.1. The number of anilines is 2. The van der Waals surface area contributed by atoms with Crippen LogP contribution < -0.4 is 10.2 Å². The topological polar surface area (TPSA) is 61.4 Å². The van der Waals surface area contributed by atoms with Gasteiger partial charge in [-0.05, 0) is 56.4 Å². The third kappa shape index (κ3) is 5.70. The van der Waals surface area contributed by atoms with Gasteiger partial charge >= 0.3 is 6.03 Å². The lowest BCUT2D eigenvalue weighted by atomic mass is 10.0. The molecule has 34 heavy (non-hydrogen) atoms. The SMILES string of the molecule is CCc1nc(C)nc(N2CCN(C(=O)Nc3ccc(SC)cc3)CC2)c1Cc1ccc(C)cc1. The molecule has 178 valence electrons. The number of nitrogens with one attached hydrogen (secondary N) is 1. The molecule has 3 aromatic rings. The molecule has 1 N–H and O–H groups in total. The molecule has 1 aliphatic rings. The quantitative estimate of drug-likeness (QED) is 0.489. The number of aryl methyl sites for hydroxylation is 3.